The highest BCUT2D eigenvalue weighted by Crippen LogP contribution is 2.27. The highest BCUT2D eigenvalue weighted by Gasteiger charge is 2.15. The minimum Gasteiger partial charge on any atom is -0.398 e. The second-order valence-electron chi connectivity index (χ2n) is 5.78. The Morgan fingerprint density at radius 1 is 1.42 bits per heavy atom. The van der Waals surface area contributed by atoms with Crippen molar-refractivity contribution in [3.05, 3.63) is 70.1 Å². The SMILES string of the molecule is CC/C=C\C=C(/N)c1csc2c(=O)[nH]c(-c3ncc4ccccn34)nc12. The predicted molar refractivity (Wildman–Crippen MR) is 106 cm³/mol. The van der Waals surface area contributed by atoms with Crippen LogP contribution in [0.25, 0.3) is 33.1 Å². The molecule has 0 saturated carbocycles. The zero-order chi connectivity index (χ0) is 18.1. The second kappa shape index (κ2) is 6.61. The number of rotatable bonds is 4. The van der Waals surface area contributed by atoms with E-state index in [0.717, 1.165) is 17.5 Å². The Hall–Kier alpha value is -3.19. The first-order valence-corrected chi connectivity index (χ1v) is 9.13. The van der Waals surface area contributed by atoms with Crippen molar-refractivity contribution in [1.82, 2.24) is 19.4 Å². The number of fused-ring (bicyclic) bond motifs is 2. The van der Waals surface area contributed by atoms with Gasteiger partial charge in [0.25, 0.3) is 5.56 Å². The number of thiophene rings is 1. The van der Waals surface area contributed by atoms with E-state index < -0.39 is 0 Å². The number of allylic oxidation sites excluding steroid dienone is 3. The van der Waals surface area contributed by atoms with E-state index in [1.54, 1.807) is 6.20 Å². The monoisotopic (exact) mass is 363 g/mol. The molecular weight excluding hydrogens is 346 g/mol. The lowest BCUT2D eigenvalue weighted by molar-refractivity contribution is 1.08. The first kappa shape index (κ1) is 16.3. The van der Waals surface area contributed by atoms with Crippen molar-refractivity contribution in [2.75, 3.05) is 0 Å². The van der Waals surface area contributed by atoms with Crippen molar-refractivity contribution < 1.29 is 0 Å². The number of H-pyrrole nitrogens is 1. The minimum absolute atomic E-state index is 0.189. The van der Waals surface area contributed by atoms with Crippen molar-refractivity contribution >= 4 is 32.8 Å². The van der Waals surface area contributed by atoms with Gasteiger partial charge in [-0.05, 0) is 24.6 Å². The van der Waals surface area contributed by atoms with Crippen LogP contribution >= 0.6 is 11.3 Å². The molecule has 0 saturated heterocycles. The van der Waals surface area contributed by atoms with Gasteiger partial charge in [0.1, 0.15) is 4.70 Å². The highest BCUT2D eigenvalue weighted by atomic mass is 32.1. The quantitative estimate of drug-likeness (QED) is 0.543. The number of pyridine rings is 1. The van der Waals surface area contributed by atoms with E-state index >= 15 is 0 Å². The molecule has 0 unspecified atom stereocenters. The molecule has 0 amide bonds. The number of aromatic nitrogens is 4. The molecule has 4 aromatic rings. The van der Waals surface area contributed by atoms with Crippen molar-refractivity contribution in [2.45, 2.75) is 13.3 Å². The average Bonchev–Trinajstić information content (AvgIpc) is 3.26. The largest absolute Gasteiger partial charge is 0.398 e. The predicted octanol–water partition coefficient (Wildman–Crippen LogP) is 3.57. The fourth-order valence-corrected chi connectivity index (χ4v) is 3.66. The molecule has 0 aromatic carbocycles. The number of hydrogen-bond acceptors (Lipinski definition) is 5. The summed E-state index contributed by atoms with van der Waals surface area (Å²) in [6, 6.07) is 5.79. The zero-order valence-corrected chi connectivity index (χ0v) is 15.0. The summed E-state index contributed by atoms with van der Waals surface area (Å²) in [7, 11) is 0. The fourth-order valence-electron chi connectivity index (χ4n) is 2.76. The summed E-state index contributed by atoms with van der Waals surface area (Å²) in [6.07, 6.45) is 10.3. The summed E-state index contributed by atoms with van der Waals surface area (Å²) in [6.45, 7) is 2.06. The van der Waals surface area contributed by atoms with E-state index in [1.807, 2.05) is 52.4 Å². The van der Waals surface area contributed by atoms with Crippen molar-refractivity contribution in [1.29, 1.82) is 0 Å². The van der Waals surface area contributed by atoms with Crippen LogP contribution in [0.15, 0.2) is 59.0 Å². The first-order chi connectivity index (χ1) is 12.7. The third-order valence-electron chi connectivity index (χ3n) is 4.04. The van der Waals surface area contributed by atoms with Crippen molar-refractivity contribution in [3.63, 3.8) is 0 Å². The van der Waals surface area contributed by atoms with Crippen molar-refractivity contribution in [2.24, 2.45) is 5.73 Å². The molecule has 6 nitrogen and oxygen atoms in total. The lowest BCUT2D eigenvalue weighted by Crippen LogP contribution is -2.10. The first-order valence-electron chi connectivity index (χ1n) is 8.25. The van der Waals surface area contributed by atoms with Crippen LogP contribution in [-0.2, 0) is 0 Å². The van der Waals surface area contributed by atoms with E-state index in [0.29, 0.717) is 27.6 Å². The lowest BCUT2D eigenvalue weighted by atomic mass is 10.2. The van der Waals surface area contributed by atoms with E-state index in [-0.39, 0.29) is 5.56 Å². The molecule has 0 aliphatic rings. The molecular formula is C19H17N5OS. The molecule has 3 N–H and O–H groups in total. The van der Waals surface area contributed by atoms with Gasteiger partial charge in [-0.2, -0.15) is 0 Å². The summed E-state index contributed by atoms with van der Waals surface area (Å²) < 4.78 is 2.44. The number of aromatic amines is 1. The van der Waals surface area contributed by atoms with Crippen molar-refractivity contribution in [3.8, 4) is 11.6 Å². The summed E-state index contributed by atoms with van der Waals surface area (Å²) in [4.78, 5) is 24.4. The molecule has 0 aliphatic carbocycles. The maximum absolute atomic E-state index is 12.5. The van der Waals surface area contributed by atoms with Crippen LogP contribution in [0.3, 0.4) is 0 Å². The molecule has 26 heavy (non-hydrogen) atoms. The van der Waals surface area contributed by atoms with Gasteiger partial charge in [0.2, 0.25) is 0 Å². The van der Waals surface area contributed by atoms with Crippen LogP contribution in [0.4, 0.5) is 0 Å². The minimum atomic E-state index is -0.189. The van der Waals surface area contributed by atoms with Gasteiger partial charge in [-0.25, -0.2) is 9.97 Å². The summed E-state index contributed by atoms with van der Waals surface area (Å²) in [5.41, 5.74) is 8.88. The maximum atomic E-state index is 12.5. The van der Waals surface area contributed by atoms with E-state index in [4.69, 9.17) is 5.73 Å². The Morgan fingerprint density at radius 3 is 3.15 bits per heavy atom. The van der Waals surface area contributed by atoms with Gasteiger partial charge < -0.3 is 10.7 Å². The number of nitrogens with one attached hydrogen (secondary N) is 1. The van der Waals surface area contributed by atoms with Gasteiger partial charge in [-0.3, -0.25) is 9.20 Å². The number of imidazole rings is 1. The van der Waals surface area contributed by atoms with Gasteiger partial charge in [0.15, 0.2) is 11.6 Å². The van der Waals surface area contributed by atoms with Crippen LogP contribution in [0, 0.1) is 0 Å². The smallest absolute Gasteiger partial charge is 0.269 e. The van der Waals surface area contributed by atoms with Crippen LogP contribution in [0.1, 0.15) is 18.9 Å². The van der Waals surface area contributed by atoms with E-state index in [9.17, 15) is 4.79 Å². The Kier molecular flexibility index (Phi) is 4.14. The van der Waals surface area contributed by atoms with Crippen LogP contribution < -0.4 is 11.3 Å². The number of nitrogens with zero attached hydrogens (tertiary/aromatic N) is 3. The van der Waals surface area contributed by atoms with Crippen LogP contribution in [0.2, 0.25) is 0 Å². The molecule has 0 bridgehead atoms. The molecule has 0 fully saturated rings. The van der Waals surface area contributed by atoms with Gasteiger partial charge in [-0.15, -0.1) is 11.3 Å². The van der Waals surface area contributed by atoms with Gasteiger partial charge in [0.05, 0.1) is 17.2 Å². The second-order valence-corrected chi connectivity index (χ2v) is 6.66. The lowest BCUT2D eigenvalue weighted by Gasteiger charge is -2.03. The Labute approximate surface area is 153 Å². The summed E-state index contributed by atoms with van der Waals surface area (Å²) in [5.74, 6) is 1.01. The number of nitrogens with two attached hydrogens (primary N) is 1. The van der Waals surface area contributed by atoms with E-state index in [1.165, 1.54) is 11.3 Å². The molecule has 7 heteroatoms. The Morgan fingerprint density at radius 2 is 2.31 bits per heavy atom. The molecule has 0 aliphatic heterocycles. The van der Waals surface area contributed by atoms with Gasteiger partial charge >= 0.3 is 0 Å². The third kappa shape index (κ3) is 2.72. The van der Waals surface area contributed by atoms with Crippen LogP contribution in [0.5, 0.6) is 0 Å². The third-order valence-corrected chi connectivity index (χ3v) is 5.00. The molecule has 130 valence electrons. The molecule has 4 rings (SSSR count). The molecule has 4 aromatic heterocycles. The number of hydrogen-bond donors (Lipinski definition) is 2. The Balaban J connectivity index is 1.91. The molecule has 0 spiro atoms. The average molecular weight is 363 g/mol. The topological polar surface area (TPSA) is 89.1 Å². The standard InChI is InChI=1S/C19H17N5OS/c1-2-3-4-8-14(20)13-11-26-16-15(13)22-17(23-19(16)25)18-21-10-12-7-5-6-9-24(12)18/h3-11H,2,20H2,1H3,(H,22,23,25)/b4-3-,14-8-. The zero-order valence-electron chi connectivity index (χ0n) is 14.1. The molecule has 0 radical (unpaired) electrons. The van der Waals surface area contributed by atoms with Gasteiger partial charge in [-0.1, -0.05) is 25.1 Å². The molecule has 0 atom stereocenters. The maximum Gasteiger partial charge on any atom is 0.269 e. The fraction of sp³-hybridized carbons (Fsp3) is 0.105. The Bertz CT molecular complexity index is 1210. The van der Waals surface area contributed by atoms with Crippen LogP contribution in [-0.4, -0.2) is 19.4 Å². The van der Waals surface area contributed by atoms with Gasteiger partial charge in [0, 0.05) is 22.8 Å². The normalized spacial score (nSPS) is 12.6. The van der Waals surface area contributed by atoms with E-state index in [2.05, 4.69) is 21.9 Å². The molecule has 4 heterocycles. The summed E-state index contributed by atoms with van der Waals surface area (Å²) >= 11 is 1.34. The summed E-state index contributed by atoms with van der Waals surface area (Å²) in [5, 5.41) is 1.87. The highest BCUT2D eigenvalue weighted by molar-refractivity contribution is 7.17.